The number of ether oxygens (including phenoxy) is 3. The van der Waals surface area contributed by atoms with Gasteiger partial charge in [0.2, 0.25) is 5.91 Å². The lowest BCUT2D eigenvalue weighted by atomic mass is 9.47. The number of hydrogen-bond donors (Lipinski definition) is 5. The zero-order valence-electron chi connectivity index (χ0n) is 28.5. The molecule has 5 aliphatic rings. The smallest absolute Gasteiger partial charge is 0.302 e. The molecule has 0 aromatic carbocycles. The second-order valence-electron chi connectivity index (χ2n) is 15.9. The van der Waals surface area contributed by atoms with E-state index in [4.69, 9.17) is 14.2 Å². The van der Waals surface area contributed by atoms with E-state index in [-0.39, 0.29) is 40.8 Å². The first kappa shape index (κ1) is 35.7. The van der Waals surface area contributed by atoms with Crippen LogP contribution in [0.1, 0.15) is 105 Å². The Bertz CT molecular complexity index is 1120. The lowest BCUT2D eigenvalue weighted by molar-refractivity contribution is -0.289. The molecule has 0 radical (unpaired) electrons. The summed E-state index contributed by atoms with van der Waals surface area (Å²) in [6, 6.07) is -0.964. The van der Waals surface area contributed by atoms with Crippen molar-refractivity contribution >= 4 is 11.9 Å². The number of nitrogens with one attached hydrogen (secondary N) is 1. The molecule has 4 fully saturated rings. The molecular formula is C36H59NO9. The number of rotatable bonds is 11. The van der Waals surface area contributed by atoms with E-state index < -0.39 is 37.3 Å². The fraction of sp³-hybridized carbons (Fsp3) is 0.889. The number of allylic oxidation sites excluding steroid dienone is 1. The number of carbonyl (C=O) groups excluding carboxylic acids is 2. The predicted octanol–water partition coefficient (Wildman–Crippen LogP) is 3.62. The first-order valence-electron chi connectivity index (χ1n) is 17.8. The molecule has 5 N–H and O–H groups in total. The second kappa shape index (κ2) is 14.5. The lowest BCUT2D eigenvalue weighted by Crippen LogP contribution is -2.65. The highest BCUT2D eigenvalue weighted by molar-refractivity contribution is 5.73. The number of esters is 1. The highest BCUT2D eigenvalue weighted by Crippen LogP contribution is 2.67. The number of fused-ring (bicyclic) bond motifs is 5. The minimum atomic E-state index is -1.35. The Hall–Kier alpha value is -1.56. The van der Waals surface area contributed by atoms with Crippen molar-refractivity contribution < 1.29 is 44.2 Å². The molecule has 0 spiro atoms. The molecule has 3 saturated carbocycles. The van der Waals surface area contributed by atoms with Crippen LogP contribution in [0.2, 0.25) is 0 Å². The maximum absolute atomic E-state index is 12.2. The molecular weight excluding hydrogens is 590 g/mol. The van der Waals surface area contributed by atoms with Gasteiger partial charge in [0.15, 0.2) is 6.29 Å². The van der Waals surface area contributed by atoms with Gasteiger partial charge in [-0.15, -0.1) is 0 Å². The summed E-state index contributed by atoms with van der Waals surface area (Å²) in [5, 5.41) is 44.8. The Labute approximate surface area is 274 Å². The number of hydrogen-bond acceptors (Lipinski definition) is 9. The summed E-state index contributed by atoms with van der Waals surface area (Å²) in [6.07, 6.45) is 8.05. The molecule has 0 aromatic rings. The molecule has 5 unspecified atom stereocenters. The van der Waals surface area contributed by atoms with E-state index in [0.29, 0.717) is 30.3 Å². The Morgan fingerprint density at radius 3 is 2.57 bits per heavy atom. The van der Waals surface area contributed by atoms with E-state index in [2.05, 4.69) is 32.2 Å². The van der Waals surface area contributed by atoms with Gasteiger partial charge in [-0.1, -0.05) is 45.3 Å². The van der Waals surface area contributed by atoms with E-state index >= 15 is 0 Å². The van der Waals surface area contributed by atoms with Crippen LogP contribution < -0.4 is 5.32 Å². The molecule has 14 atom stereocenters. The van der Waals surface area contributed by atoms with Crippen molar-refractivity contribution in [2.45, 2.75) is 148 Å². The van der Waals surface area contributed by atoms with Crippen molar-refractivity contribution in [3.05, 3.63) is 11.6 Å². The Kier molecular flexibility index (Phi) is 11.3. The fourth-order valence-corrected chi connectivity index (χ4v) is 10.4. The maximum Gasteiger partial charge on any atom is 0.302 e. The third kappa shape index (κ3) is 7.08. The fourth-order valence-electron chi connectivity index (χ4n) is 10.4. The summed E-state index contributed by atoms with van der Waals surface area (Å²) in [5.74, 6) is 1.26. The number of aliphatic hydroxyl groups excluding tert-OH is 4. The second-order valence-corrected chi connectivity index (χ2v) is 15.9. The predicted molar refractivity (Wildman–Crippen MR) is 171 cm³/mol. The molecule has 1 heterocycles. The molecule has 1 saturated heterocycles. The molecule has 0 aromatic heterocycles. The van der Waals surface area contributed by atoms with Crippen LogP contribution in [0.15, 0.2) is 11.6 Å². The first-order valence-corrected chi connectivity index (χ1v) is 17.8. The quantitative estimate of drug-likeness (QED) is 0.128. The summed E-state index contributed by atoms with van der Waals surface area (Å²) in [7, 11) is 0. The van der Waals surface area contributed by atoms with Gasteiger partial charge in [0.05, 0.1) is 25.4 Å². The van der Waals surface area contributed by atoms with Gasteiger partial charge in [0.25, 0.3) is 0 Å². The third-order valence-electron chi connectivity index (χ3n) is 12.9. The van der Waals surface area contributed by atoms with Crippen LogP contribution in [0.4, 0.5) is 0 Å². The Morgan fingerprint density at radius 2 is 1.87 bits per heavy atom. The van der Waals surface area contributed by atoms with Crippen LogP contribution in [-0.2, 0) is 23.8 Å². The zero-order valence-corrected chi connectivity index (χ0v) is 28.5. The molecule has 4 aliphatic carbocycles. The molecule has 0 bridgehead atoms. The van der Waals surface area contributed by atoms with E-state index in [0.717, 1.165) is 70.6 Å². The van der Waals surface area contributed by atoms with E-state index in [1.54, 1.807) is 0 Å². The number of aliphatic hydroxyl groups is 4. The largest absolute Gasteiger partial charge is 0.466 e. The average Bonchev–Trinajstić information content (AvgIpc) is 3.28. The van der Waals surface area contributed by atoms with Gasteiger partial charge in [-0.25, -0.2) is 0 Å². The monoisotopic (exact) mass is 649 g/mol. The summed E-state index contributed by atoms with van der Waals surface area (Å²) >= 11 is 0. The van der Waals surface area contributed by atoms with Crippen LogP contribution in [0.25, 0.3) is 0 Å². The van der Waals surface area contributed by atoms with Gasteiger partial charge in [-0.3, -0.25) is 9.59 Å². The molecule has 5 rings (SSSR count). The molecule has 1 aliphatic heterocycles. The minimum Gasteiger partial charge on any atom is -0.466 e. The summed E-state index contributed by atoms with van der Waals surface area (Å²) < 4.78 is 18.2. The van der Waals surface area contributed by atoms with Gasteiger partial charge >= 0.3 is 5.97 Å². The zero-order chi connectivity index (χ0) is 33.4. The van der Waals surface area contributed by atoms with Crippen LogP contribution >= 0.6 is 0 Å². The highest BCUT2D eigenvalue weighted by Gasteiger charge is 2.62. The van der Waals surface area contributed by atoms with Crippen LogP contribution in [0, 0.1) is 40.4 Å². The van der Waals surface area contributed by atoms with E-state index in [9.17, 15) is 30.0 Å². The number of amides is 1. The van der Waals surface area contributed by atoms with Gasteiger partial charge in [0, 0.05) is 13.8 Å². The lowest BCUT2D eigenvalue weighted by Gasteiger charge is -2.58. The molecule has 1 amide bonds. The molecule has 10 nitrogen and oxygen atoms in total. The highest BCUT2D eigenvalue weighted by atomic mass is 16.7. The van der Waals surface area contributed by atoms with Gasteiger partial charge in [-0.2, -0.15) is 0 Å². The summed E-state index contributed by atoms with van der Waals surface area (Å²) in [4.78, 5) is 23.4. The average molecular weight is 650 g/mol. The Morgan fingerprint density at radius 1 is 1.11 bits per heavy atom. The van der Waals surface area contributed by atoms with Crippen molar-refractivity contribution in [2.24, 2.45) is 40.4 Å². The van der Waals surface area contributed by atoms with Gasteiger partial charge in [-0.05, 0) is 98.2 Å². The normalized spacial score (nSPS) is 44.3. The van der Waals surface area contributed by atoms with E-state index in [1.807, 2.05) is 0 Å². The maximum atomic E-state index is 12.2. The van der Waals surface area contributed by atoms with Crippen molar-refractivity contribution in [3.63, 3.8) is 0 Å². The Balaban J connectivity index is 1.38. The van der Waals surface area contributed by atoms with Gasteiger partial charge in [0.1, 0.15) is 24.4 Å². The standard InChI is InChI=1S/C36H59NO9/c1-20(19-44-22(3)40)8-6-7-9-23-17-28(45-34-31(37-21(2)39)33(43)32(42)29(18-38)46-34)30-26-11-10-24-16-25(41)12-14-35(24,4)27(26)13-15-36(23,30)5/h10,20,23,25-34,38,41-43H,6-9,11-19H2,1-5H3,(H,37,39)/t20-,23+,25-,26-,27+,28+,29?,30-,31?,32?,33?,34?,35+,36-/m1/s1. The molecule has 262 valence electrons. The van der Waals surface area contributed by atoms with E-state index in [1.165, 1.54) is 19.4 Å². The van der Waals surface area contributed by atoms with Crippen LogP contribution in [-0.4, -0.2) is 88.4 Å². The molecule has 10 heteroatoms. The van der Waals surface area contributed by atoms with Crippen molar-refractivity contribution in [1.29, 1.82) is 0 Å². The number of carbonyl (C=O) groups is 2. The van der Waals surface area contributed by atoms with Crippen molar-refractivity contribution in [3.8, 4) is 0 Å². The van der Waals surface area contributed by atoms with Crippen LogP contribution in [0.5, 0.6) is 0 Å². The first-order chi connectivity index (χ1) is 21.8. The van der Waals surface area contributed by atoms with Gasteiger partial charge < -0.3 is 40.0 Å². The topological polar surface area (TPSA) is 155 Å². The minimum absolute atomic E-state index is 0.0394. The molecule has 46 heavy (non-hydrogen) atoms. The summed E-state index contributed by atoms with van der Waals surface area (Å²) in [5.41, 5.74) is 1.51. The van der Waals surface area contributed by atoms with Crippen molar-refractivity contribution in [2.75, 3.05) is 13.2 Å². The van der Waals surface area contributed by atoms with Crippen LogP contribution in [0.3, 0.4) is 0 Å². The number of unbranched alkanes of at least 4 members (excludes halogenated alkanes) is 1. The van der Waals surface area contributed by atoms with Crippen molar-refractivity contribution in [1.82, 2.24) is 5.32 Å². The third-order valence-corrected chi connectivity index (χ3v) is 12.9. The SMILES string of the molecule is CC(=O)NC1C(O[C@H]2C[C@H](CCCC[C@@H](C)COC(C)=O)[C@@]3(C)CC[C@H]4[C@@H](CC=C5C[C@H](O)CC[C@@]54C)[C@H]23)OC(CO)C(O)C1O. The summed E-state index contributed by atoms with van der Waals surface area (Å²) in [6.45, 7) is 9.76.